The standard InChI is InChI=1S/C31H33N3O4/c1-21-7-9-26(22(2)16-21)31-27-18-29(38-15-12-24-6-4-5-13-32-24)28(36-3)17-23(27)11-14-34(31)30(35)10-8-25-19-37-20-33-25/h4-7,9,13,16-20,31H,8,10-12,14-15H2,1-3H3. The van der Waals surface area contributed by atoms with E-state index in [0.717, 1.165) is 34.5 Å². The molecule has 7 heteroatoms. The summed E-state index contributed by atoms with van der Waals surface area (Å²) in [4.78, 5) is 24.2. The van der Waals surface area contributed by atoms with Crippen molar-refractivity contribution in [2.24, 2.45) is 0 Å². The predicted molar refractivity (Wildman–Crippen MR) is 144 cm³/mol. The minimum Gasteiger partial charge on any atom is -0.493 e. The van der Waals surface area contributed by atoms with Crippen molar-refractivity contribution in [3.63, 3.8) is 0 Å². The van der Waals surface area contributed by atoms with Gasteiger partial charge in [0.15, 0.2) is 17.9 Å². The van der Waals surface area contributed by atoms with Crippen molar-refractivity contribution in [2.75, 3.05) is 20.3 Å². The van der Waals surface area contributed by atoms with E-state index in [9.17, 15) is 4.79 Å². The Bertz CT molecular complexity index is 1390. The minimum absolute atomic E-state index is 0.0945. The molecule has 0 aliphatic carbocycles. The third-order valence-electron chi connectivity index (χ3n) is 7.11. The van der Waals surface area contributed by atoms with Crippen LogP contribution in [-0.2, 0) is 24.1 Å². The summed E-state index contributed by atoms with van der Waals surface area (Å²) in [5.74, 6) is 1.47. The molecule has 0 bridgehead atoms. The van der Waals surface area contributed by atoms with Gasteiger partial charge >= 0.3 is 0 Å². The van der Waals surface area contributed by atoms with Gasteiger partial charge in [0.1, 0.15) is 6.26 Å². The summed E-state index contributed by atoms with van der Waals surface area (Å²) in [5, 5.41) is 0. The number of carbonyl (C=O) groups is 1. The lowest BCUT2D eigenvalue weighted by Gasteiger charge is -2.39. The molecule has 0 spiro atoms. The maximum Gasteiger partial charge on any atom is 0.223 e. The third kappa shape index (κ3) is 5.57. The van der Waals surface area contributed by atoms with E-state index < -0.39 is 0 Å². The Morgan fingerprint density at radius 1 is 1.03 bits per heavy atom. The molecule has 2 aromatic heterocycles. The zero-order valence-electron chi connectivity index (χ0n) is 22.1. The number of hydrogen-bond acceptors (Lipinski definition) is 6. The minimum atomic E-state index is -0.215. The number of rotatable bonds is 9. The molecule has 1 amide bonds. The van der Waals surface area contributed by atoms with Crippen LogP contribution in [0.2, 0.25) is 0 Å². The Morgan fingerprint density at radius 2 is 1.92 bits per heavy atom. The molecular weight excluding hydrogens is 478 g/mol. The number of pyridine rings is 1. The largest absolute Gasteiger partial charge is 0.493 e. The maximum absolute atomic E-state index is 13.6. The fourth-order valence-electron chi connectivity index (χ4n) is 5.19. The number of ether oxygens (including phenoxy) is 2. The van der Waals surface area contributed by atoms with E-state index in [1.54, 1.807) is 19.6 Å². The number of methoxy groups -OCH3 is 1. The monoisotopic (exact) mass is 511 g/mol. The maximum atomic E-state index is 13.6. The van der Waals surface area contributed by atoms with Crippen LogP contribution in [-0.4, -0.2) is 41.0 Å². The fraction of sp³-hybridized carbons (Fsp3) is 0.323. The van der Waals surface area contributed by atoms with E-state index in [1.165, 1.54) is 17.5 Å². The molecule has 0 saturated carbocycles. The quantitative estimate of drug-likeness (QED) is 0.299. The first-order valence-electron chi connectivity index (χ1n) is 13.0. The normalized spacial score (nSPS) is 14.7. The number of amides is 1. The van der Waals surface area contributed by atoms with Crippen LogP contribution in [0.5, 0.6) is 11.5 Å². The molecule has 2 aromatic carbocycles. The van der Waals surface area contributed by atoms with Gasteiger partial charge in [0, 0.05) is 37.7 Å². The van der Waals surface area contributed by atoms with Crippen LogP contribution in [0.3, 0.4) is 0 Å². The van der Waals surface area contributed by atoms with Crippen molar-refractivity contribution in [1.29, 1.82) is 0 Å². The van der Waals surface area contributed by atoms with E-state index in [-0.39, 0.29) is 11.9 Å². The van der Waals surface area contributed by atoms with Crippen LogP contribution >= 0.6 is 0 Å². The van der Waals surface area contributed by atoms with Gasteiger partial charge < -0.3 is 18.8 Å². The first-order valence-corrected chi connectivity index (χ1v) is 13.0. The van der Waals surface area contributed by atoms with Crippen molar-refractivity contribution in [1.82, 2.24) is 14.9 Å². The zero-order chi connectivity index (χ0) is 26.5. The molecule has 1 aliphatic heterocycles. The Hall–Kier alpha value is -4.13. The summed E-state index contributed by atoms with van der Waals surface area (Å²) >= 11 is 0. The van der Waals surface area contributed by atoms with Gasteiger partial charge in [-0.05, 0) is 66.8 Å². The Morgan fingerprint density at radius 3 is 2.66 bits per heavy atom. The van der Waals surface area contributed by atoms with Crippen molar-refractivity contribution < 1.29 is 18.7 Å². The Kier molecular flexibility index (Phi) is 7.73. The van der Waals surface area contributed by atoms with Crippen LogP contribution in [0.1, 0.15) is 51.7 Å². The van der Waals surface area contributed by atoms with E-state index >= 15 is 0 Å². The number of nitrogens with zero attached hydrogens (tertiary/aromatic N) is 3. The lowest BCUT2D eigenvalue weighted by atomic mass is 9.85. The third-order valence-corrected chi connectivity index (χ3v) is 7.11. The highest BCUT2D eigenvalue weighted by Gasteiger charge is 2.34. The van der Waals surface area contributed by atoms with E-state index in [1.807, 2.05) is 23.1 Å². The van der Waals surface area contributed by atoms with E-state index in [2.05, 4.69) is 54.1 Å². The molecule has 1 atom stereocenters. The van der Waals surface area contributed by atoms with Gasteiger partial charge in [-0.15, -0.1) is 0 Å². The van der Waals surface area contributed by atoms with Crippen LogP contribution in [0, 0.1) is 13.8 Å². The topological polar surface area (TPSA) is 77.7 Å². The highest BCUT2D eigenvalue weighted by molar-refractivity contribution is 5.78. The van der Waals surface area contributed by atoms with Crippen molar-refractivity contribution in [3.05, 3.63) is 107 Å². The molecule has 0 fully saturated rings. The predicted octanol–water partition coefficient (Wildman–Crippen LogP) is 5.42. The number of aromatic nitrogens is 2. The molecule has 1 unspecified atom stereocenters. The average Bonchev–Trinajstić information content (AvgIpc) is 3.45. The molecule has 5 rings (SSSR count). The van der Waals surface area contributed by atoms with Gasteiger partial charge in [-0.3, -0.25) is 9.78 Å². The molecule has 4 aromatic rings. The van der Waals surface area contributed by atoms with Crippen LogP contribution in [0.15, 0.2) is 71.8 Å². The van der Waals surface area contributed by atoms with Crippen LogP contribution in [0.4, 0.5) is 0 Å². The summed E-state index contributed by atoms with van der Waals surface area (Å²) in [7, 11) is 1.66. The molecule has 0 N–H and O–H groups in total. The first kappa shape index (κ1) is 25.5. The van der Waals surface area contributed by atoms with E-state index in [4.69, 9.17) is 13.9 Å². The lowest BCUT2D eigenvalue weighted by molar-refractivity contribution is -0.133. The Balaban J connectivity index is 1.47. The molecule has 3 heterocycles. The number of hydrogen-bond donors (Lipinski definition) is 0. The van der Waals surface area contributed by atoms with Gasteiger partial charge in [-0.1, -0.05) is 29.8 Å². The summed E-state index contributed by atoms with van der Waals surface area (Å²) in [5.41, 5.74) is 7.48. The number of carbonyl (C=O) groups excluding carboxylic acids is 1. The second kappa shape index (κ2) is 11.5. The number of benzene rings is 2. The van der Waals surface area contributed by atoms with Gasteiger partial charge in [0.05, 0.1) is 25.5 Å². The highest BCUT2D eigenvalue weighted by atomic mass is 16.5. The second-order valence-electron chi connectivity index (χ2n) is 9.70. The van der Waals surface area contributed by atoms with Crippen molar-refractivity contribution in [2.45, 2.75) is 45.6 Å². The van der Waals surface area contributed by atoms with Crippen LogP contribution in [0.25, 0.3) is 0 Å². The van der Waals surface area contributed by atoms with Gasteiger partial charge in [0.2, 0.25) is 5.91 Å². The number of fused-ring (bicyclic) bond motifs is 1. The fourth-order valence-corrected chi connectivity index (χ4v) is 5.19. The van der Waals surface area contributed by atoms with Crippen molar-refractivity contribution in [3.8, 4) is 11.5 Å². The van der Waals surface area contributed by atoms with Crippen molar-refractivity contribution >= 4 is 5.91 Å². The molecule has 38 heavy (non-hydrogen) atoms. The summed E-state index contributed by atoms with van der Waals surface area (Å²) in [6, 6.07) is 16.2. The summed E-state index contributed by atoms with van der Waals surface area (Å²) in [6.45, 7) is 5.31. The van der Waals surface area contributed by atoms with Crippen LogP contribution < -0.4 is 9.47 Å². The number of oxazole rings is 1. The van der Waals surface area contributed by atoms with Gasteiger partial charge in [-0.2, -0.15) is 0 Å². The summed E-state index contributed by atoms with van der Waals surface area (Å²) in [6.07, 6.45) is 7.14. The molecule has 196 valence electrons. The average molecular weight is 512 g/mol. The molecule has 0 saturated heterocycles. The second-order valence-corrected chi connectivity index (χ2v) is 9.70. The highest BCUT2D eigenvalue weighted by Crippen LogP contribution is 2.42. The molecule has 0 radical (unpaired) electrons. The SMILES string of the molecule is COc1cc2c(cc1OCCc1ccccn1)C(c1ccc(C)cc1C)N(C(=O)CCc1cocn1)CC2. The van der Waals surface area contributed by atoms with Gasteiger partial charge in [0.25, 0.3) is 0 Å². The van der Waals surface area contributed by atoms with E-state index in [0.29, 0.717) is 43.9 Å². The number of aryl methyl sites for hydroxylation is 3. The zero-order valence-corrected chi connectivity index (χ0v) is 22.1. The first-order chi connectivity index (χ1) is 18.5. The molecule has 1 aliphatic rings. The summed E-state index contributed by atoms with van der Waals surface area (Å²) < 4.78 is 17.0. The smallest absolute Gasteiger partial charge is 0.223 e. The Labute approximate surface area is 223 Å². The molecule has 7 nitrogen and oxygen atoms in total. The lowest BCUT2D eigenvalue weighted by Crippen LogP contribution is -2.41. The molecular formula is C31H33N3O4. The van der Waals surface area contributed by atoms with Gasteiger partial charge in [-0.25, -0.2) is 4.98 Å².